The van der Waals surface area contributed by atoms with Crippen molar-refractivity contribution < 1.29 is 28.2 Å². The Morgan fingerprint density at radius 2 is 2.03 bits per heavy atom. The van der Waals surface area contributed by atoms with Crippen molar-refractivity contribution in [1.82, 2.24) is 4.98 Å². The number of amides is 1. The second kappa shape index (κ2) is 7.34. The SMILES string of the molecule is COCC(=O)C1=C(O)C(=O)N(c2nc3ccc(F)cc3s2)C1c1ccccc1F. The second-order valence-corrected chi connectivity index (χ2v) is 7.34. The van der Waals surface area contributed by atoms with Gasteiger partial charge in [0.15, 0.2) is 16.7 Å². The third-order valence-corrected chi connectivity index (χ3v) is 5.55. The minimum atomic E-state index is -1.23. The minimum Gasteiger partial charge on any atom is -0.503 e. The number of carbonyl (C=O) groups is 2. The van der Waals surface area contributed by atoms with Crippen LogP contribution >= 0.6 is 11.3 Å². The zero-order valence-corrected chi connectivity index (χ0v) is 15.9. The number of methoxy groups -OCH3 is 1. The van der Waals surface area contributed by atoms with Crippen LogP contribution in [-0.2, 0) is 14.3 Å². The fourth-order valence-corrected chi connectivity index (χ4v) is 4.29. The Kier molecular flexibility index (Phi) is 4.85. The molecular weight excluding hydrogens is 402 g/mol. The number of ketones is 1. The molecule has 0 aliphatic carbocycles. The van der Waals surface area contributed by atoms with E-state index in [1.165, 1.54) is 43.5 Å². The van der Waals surface area contributed by atoms with Gasteiger partial charge in [0.25, 0.3) is 5.91 Å². The van der Waals surface area contributed by atoms with Gasteiger partial charge in [0.2, 0.25) is 0 Å². The summed E-state index contributed by atoms with van der Waals surface area (Å²) >= 11 is 0.997. The molecule has 0 spiro atoms. The van der Waals surface area contributed by atoms with E-state index in [-0.39, 0.29) is 16.3 Å². The lowest BCUT2D eigenvalue weighted by Crippen LogP contribution is -2.31. The van der Waals surface area contributed by atoms with Crippen molar-refractivity contribution >= 4 is 38.4 Å². The number of aromatic nitrogens is 1. The Hall–Kier alpha value is -3.17. The largest absolute Gasteiger partial charge is 0.503 e. The summed E-state index contributed by atoms with van der Waals surface area (Å²) in [5, 5.41) is 10.5. The van der Waals surface area contributed by atoms with Crippen LogP contribution in [0.4, 0.5) is 13.9 Å². The molecule has 9 heteroatoms. The van der Waals surface area contributed by atoms with Crippen LogP contribution in [0.15, 0.2) is 53.8 Å². The average Bonchev–Trinajstić information content (AvgIpc) is 3.20. The van der Waals surface area contributed by atoms with Gasteiger partial charge in [-0.15, -0.1) is 0 Å². The van der Waals surface area contributed by atoms with Gasteiger partial charge in [-0.1, -0.05) is 29.5 Å². The Labute approximate surface area is 167 Å². The van der Waals surface area contributed by atoms with Gasteiger partial charge in [0, 0.05) is 12.7 Å². The number of nitrogens with zero attached hydrogens (tertiary/aromatic N) is 2. The molecule has 1 unspecified atom stereocenters. The van der Waals surface area contributed by atoms with E-state index in [0.717, 1.165) is 16.2 Å². The van der Waals surface area contributed by atoms with Crippen LogP contribution in [0.1, 0.15) is 11.6 Å². The summed E-state index contributed by atoms with van der Waals surface area (Å²) in [4.78, 5) is 30.8. The summed E-state index contributed by atoms with van der Waals surface area (Å²) in [6.07, 6.45) is 0. The molecule has 0 fully saturated rings. The van der Waals surface area contributed by atoms with Crippen molar-refractivity contribution in [2.45, 2.75) is 6.04 Å². The fraction of sp³-hybridized carbons (Fsp3) is 0.150. The summed E-state index contributed by atoms with van der Waals surface area (Å²) < 4.78 is 33.5. The number of anilines is 1. The van der Waals surface area contributed by atoms with Crippen molar-refractivity contribution in [3.8, 4) is 0 Å². The lowest BCUT2D eigenvalue weighted by molar-refractivity contribution is -0.120. The Morgan fingerprint density at radius 1 is 1.28 bits per heavy atom. The third-order valence-electron chi connectivity index (χ3n) is 4.53. The number of rotatable bonds is 5. The first kappa shape index (κ1) is 19.2. The molecule has 2 aromatic carbocycles. The molecule has 148 valence electrons. The van der Waals surface area contributed by atoms with E-state index in [9.17, 15) is 23.5 Å². The number of hydrogen-bond acceptors (Lipinski definition) is 6. The molecule has 29 heavy (non-hydrogen) atoms. The van der Waals surface area contributed by atoms with Crippen molar-refractivity contribution in [3.05, 3.63) is 71.0 Å². The number of halogens is 2. The summed E-state index contributed by atoms with van der Waals surface area (Å²) in [7, 11) is 1.30. The molecule has 0 bridgehead atoms. The quantitative estimate of drug-likeness (QED) is 0.686. The normalized spacial score (nSPS) is 16.9. The molecule has 6 nitrogen and oxygen atoms in total. The smallest absolute Gasteiger partial charge is 0.296 e. The standard InChI is InChI=1S/C20H14F2N2O4S/c1-28-9-14(25)16-17(11-4-2-3-5-12(11)22)24(19(27)18(16)26)20-23-13-7-6-10(21)8-15(13)29-20/h2-8,17,26H,9H2,1H3. The number of carbonyl (C=O) groups excluding carboxylic acids is 2. The molecule has 1 N–H and O–H groups in total. The summed E-state index contributed by atoms with van der Waals surface area (Å²) in [5.41, 5.74) is 0.185. The first-order chi connectivity index (χ1) is 13.9. The van der Waals surface area contributed by atoms with E-state index >= 15 is 0 Å². The molecule has 1 amide bonds. The van der Waals surface area contributed by atoms with Crippen molar-refractivity contribution in [3.63, 3.8) is 0 Å². The van der Waals surface area contributed by atoms with E-state index in [1.807, 2.05) is 0 Å². The van der Waals surface area contributed by atoms with Gasteiger partial charge in [-0.3, -0.25) is 14.5 Å². The van der Waals surface area contributed by atoms with Crippen LogP contribution < -0.4 is 4.90 Å². The number of aliphatic hydroxyl groups is 1. The van der Waals surface area contributed by atoms with E-state index in [0.29, 0.717) is 10.2 Å². The van der Waals surface area contributed by atoms with Crippen molar-refractivity contribution in [1.29, 1.82) is 0 Å². The molecule has 0 saturated heterocycles. The van der Waals surface area contributed by atoms with Crippen molar-refractivity contribution in [2.75, 3.05) is 18.6 Å². The molecule has 1 aliphatic heterocycles. The molecule has 1 aromatic heterocycles. The van der Waals surface area contributed by atoms with E-state index in [4.69, 9.17) is 4.74 Å². The number of Topliss-reactive ketones (excluding diaryl/α,β-unsaturated/α-hetero) is 1. The highest BCUT2D eigenvalue weighted by Gasteiger charge is 2.46. The zero-order chi connectivity index (χ0) is 20.7. The third kappa shape index (κ3) is 3.18. The molecule has 1 aliphatic rings. The molecule has 0 saturated carbocycles. The molecule has 3 aromatic rings. The topological polar surface area (TPSA) is 79.7 Å². The van der Waals surface area contributed by atoms with E-state index in [2.05, 4.69) is 4.98 Å². The second-order valence-electron chi connectivity index (χ2n) is 6.33. The maximum atomic E-state index is 14.6. The van der Waals surface area contributed by atoms with Gasteiger partial charge in [-0.25, -0.2) is 13.8 Å². The number of fused-ring (bicyclic) bond motifs is 1. The molecule has 2 heterocycles. The van der Waals surface area contributed by atoms with E-state index in [1.54, 1.807) is 6.07 Å². The average molecular weight is 416 g/mol. The Morgan fingerprint density at radius 3 is 2.76 bits per heavy atom. The van der Waals surface area contributed by atoms with Crippen LogP contribution in [0, 0.1) is 11.6 Å². The monoisotopic (exact) mass is 416 g/mol. The van der Waals surface area contributed by atoms with Gasteiger partial charge < -0.3 is 9.84 Å². The molecule has 4 rings (SSSR count). The van der Waals surface area contributed by atoms with Crippen LogP contribution in [0.5, 0.6) is 0 Å². The Bertz CT molecular complexity index is 1170. The number of benzene rings is 2. The lowest BCUT2D eigenvalue weighted by atomic mass is 9.96. The first-order valence-electron chi connectivity index (χ1n) is 8.51. The minimum absolute atomic E-state index is 0.0230. The van der Waals surface area contributed by atoms with Gasteiger partial charge in [-0.2, -0.15) is 0 Å². The van der Waals surface area contributed by atoms with Gasteiger partial charge >= 0.3 is 0 Å². The molecular formula is C20H14F2N2O4S. The van der Waals surface area contributed by atoms with Gasteiger partial charge in [0.05, 0.1) is 15.8 Å². The van der Waals surface area contributed by atoms with Gasteiger partial charge in [-0.05, 0) is 24.3 Å². The van der Waals surface area contributed by atoms with Crippen LogP contribution in [0.25, 0.3) is 10.2 Å². The van der Waals surface area contributed by atoms with E-state index < -0.39 is 41.7 Å². The predicted octanol–water partition coefficient (Wildman–Crippen LogP) is 3.69. The number of aliphatic hydroxyl groups excluding tert-OH is 1. The lowest BCUT2D eigenvalue weighted by Gasteiger charge is -2.24. The summed E-state index contributed by atoms with van der Waals surface area (Å²) in [5.74, 6) is -3.45. The summed E-state index contributed by atoms with van der Waals surface area (Å²) in [6.45, 7) is -0.392. The van der Waals surface area contributed by atoms with Crippen LogP contribution in [0.3, 0.4) is 0 Å². The first-order valence-corrected chi connectivity index (χ1v) is 9.33. The highest BCUT2D eigenvalue weighted by molar-refractivity contribution is 7.22. The maximum absolute atomic E-state index is 14.6. The highest BCUT2D eigenvalue weighted by Crippen LogP contribution is 2.44. The van der Waals surface area contributed by atoms with Crippen LogP contribution in [0.2, 0.25) is 0 Å². The van der Waals surface area contributed by atoms with Crippen LogP contribution in [-0.4, -0.2) is 35.5 Å². The number of ether oxygens (including phenoxy) is 1. The summed E-state index contributed by atoms with van der Waals surface area (Å²) in [6, 6.07) is 8.37. The zero-order valence-electron chi connectivity index (χ0n) is 15.1. The molecule has 1 atom stereocenters. The number of thiazole rings is 1. The predicted molar refractivity (Wildman–Crippen MR) is 103 cm³/mol. The maximum Gasteiger partial charge on any atom is 0.296 e. The Balaban J connectivity index is 1.90. The fourth-order valence-electron chi connectivity index (χ4n) is 3.28. The number of hydrogen-bond donors (Lipinski definition) is 1. The molecule has 0 radical (unpaired) electrons. The highest BCUT2D eigenvalue weighted by atomic mass is 32.1. The van der Waals surface area contributed by atoms with Gasteiger partial charge in [0.1, 0.15) is 24.3 Å². The van der Waals surface area contributed by atoms with Crippen molar-refractivity contribution in [2.24, 2.45) is 0 Å².